The number of primary amides is 1. The van der Waals surface area contributed by atoms with E-state index in [0.717, 1.165) is 22.6 Å². The molecule has 0 atom stereocenters. The lowest BCUT2D eigenvalue weighted by molar-refractivity contribution is 0.246. The average Bonchev–Trinajstić information content (AvgIpc) is 2.38. The van der Waals surface area contributed by atoms with Crippen LogP contribution in [0.25, 0.3) is 0 Å². The van der Waals surface area contributed by atoms with Gasteiger partial charge in [0.05, 0.1) is 6.04 Å². The molecule has 0 bridgehead atoms. The van der Waals surface area contributed by atoms with E-state index in [9.17, 15) is 4.79 Å². The summed E-state index contributed by atoms with van der Waals surface area (Å²) in [4.78, 5) is 11.2. The van der Waals surface area contributed by atoms with E-state index in [1.807, 2.05) is 48.5 Å². The third-order valence-corrected chi connectivity index (χ3v) is 2.97. The van der Waals surface area contributed by atoms with Crippen LogP contribution in [0.5, 0.6) is 11.5 Å². The fourth-order valence-electron chi connectivity index (χ4n) is 2.21. The molecule has 0 saturated heterocycles. The first-order valence-corrected chi connectivity index (χ1v) is 5.67. The molecule has 1 heterocycles. The van der Waals surface area contributed by atoms with Crippen molar-refractivity contribution in [3.05, 3.63) is 59.7 Å². The van der Waals surface area contributed by atoms with E-state index >= 15 is 0 Å². The summed E-state index contributed by atoms with van der Waals surface area (Å²) in [6.07, 6.45) is 0. The Kier molecular flexibility index (Phi) is 2.41. The van der Waals surface area contributed by atoms with Crippen molar-refractivity contribution in [2.45, 2.75) is 6.04 Å². The van der Waals surface area contributed by atoms with E-state index in [0.29, 0.717) is 0 Å². The van der Waals surface area contributed by atoms with Gasteiger partial charge in [-0.1, -0.05) is 36.4 Å². The van der Waals surface area contributed by atoms with Crippen molar-refractivity contribution >= 4 is 6.03 Å². The Bertz CT molecular complexity index is 565. The van der Waals surface area contributed by atoms with Gasteiger partial charge >= 0.3 is 6.03 Å². The maximum atomic E-state index is 11.2. The van der Waals surface area contributed by atoms with Crippen LogP contribution in [0.3, 0.4) is 0 Å². The van der Waals surface area contributed by atoms with Crippen molar-refractivity contribution in [1.29, 1.82) is 0 Å². The lowest BCUT2D eigenvalue weighted by Crippen LogP contribution is -2.35. The number of urea groups is 1. The quantitative estimate of drug-likeness (QED) is 0.753. The molecule has 0 spiro atoms. The zero-order valence-corrected chi connectivity index (χ0v) is 9.59. The van der Waals surface area contributed by atoms with Gasteiger partial charge < -0.3 is 15.8 Å². The van der Waals surface area contributed by atoms with Crippen LogP contribution in [0.15, 0.2) is 48.5 Å². The molecule has 0 fully saturated rings. The predicted octanol–water partition coefficient (Wildman–Crippen LogP) is 2.55. The average molecular weight is 241 g/mol. The summed E-state index contributed by atoms with van der Waals surface area (Å²) in [5.41, 5.74) is 7.07. The van der Waals surface area contributed by atoms with Crippen LogP contribution in [0.2, 0.25) is 0 Å². The molecule has 2 aromatic carbocycles. The van der Waals surface area contributed by atoms with Crippen molar-refractivity contribution in [2.24, 2.45) is 5.73 Å². The van der Waals surface area contributed by atoms with E-state index in [1.54, 1.807) is 0 Å². The number of hydrogen-bond acceptors (Lipinski definition) is 2. The molecule has 1 aliphatic heterocycles. The third kappa shape index (κ3) is 1.68. The largest absolute Gasteiger partial charge is 0.457 e. The Morgan fingerprint density at radius 2 is 1.50 bits per heavy atom. The van der Waals surface area contributed by atoms with Crippen LogP contribution in [-0.2, 0) is 0 Å². The molecular weight excluding hydrogens is 229 g/mol. The van der Waals surface area contributed by atoms with Crippen molar-refractivity contribution in [2.75, 3.05) is 0 Å². The van der Waals surface area contributed by atoms with Crippen LogP contribution >= 0.6 is 0 Å². The van der Waals surface area contributed by atoms with Crippen LogP contribution < -0.4 is 15.8 Å². The smallest absolute Gasteiger partial charge is 0.312 e. The van der Waals surface area contributed by atoms with Gasteiger partial charge in [0.25, 0.3) is 0 Å². The molecule has 0 unspecified atom stereocenters. The molecule has 90 valence electrons. The summed E-state index contributed by atoms with van der Waals surface area (Å²) in [5.74, 6) is 1.49. The van der Waals surface area contributed by atoms with Gasteiger partial charge in [0.2, 0.25) is 0 Å². The normalized spacial score (nSPS) is 13.1. The van der Waals surface area contributed by atoms with Crippen molar-refractivity contribution in [3.8, 4) is 11.5 Å². The number of ether oxygens (including phenoxy) is 1. The van der Waals surface area contributed by atoms with E-state index in [-0.39, 0.29) is 6.04 Å². The minimum absolute atomic E-state index is 0.261. The van der Waals surface area contributed by atoms with Crippen molar-refractivity contribution < 1.29 is 9.53 Å². The highest BCUT2D eigenvalue weighted by molar-refractivity contribution is 5.74. The zero-order valence-electron chi connectivity index (χ0n) is 9.59. The Labute approximate surface area is 104 Å². The second-order valence-electron chi connectivity index (χ2n) is 4.12. The minimum atomic E-state index is -0.550. The van der Waals surface area contributed by atoms with Gasteiger partial charge in [-0.15, -0.1) is 0 Å². The number of rotatable bonds is 1. The number of para-hydroxylation sites is 2. The zero-order chi connectivity index (χ0) is 12.5. The number of carbonyl (C=O) groups excluding carboxylic acids is 1. The van der Waals surface area contributed by atoms with Gasteiger partial charge in [-0.05, 0) is 12.1 Å². The van der Waals surface area contributed by atoms with Crippen molar-refractivity contribution in [3.63, 3.8) is 0 Å². The molecule has 0 saturated carbocycles. The summed E-state index contributed by atoms with van der Waals surface area (Å²) in [6, 6.07) is 14.4. The second kappa shape index (κ2) is 4.07. The summed E-state index contributed by atoms with van der Waals surface area (Å²) in [7, 11) is 0. The number of hydrogen-bond donors (Lipinski definition) is 2. The van der Waals surface area contributed by atoms with Crippen LogP contribution in [0.4, 0.5) is 4.79 Å². The highest BCUT2D eigenvalue weighted by atomic mass is 16.5. The highest BCUT2D eigenvalue weighted by Crippen LogP contribution is 2.42. The monoisotopic (exact) mass is 241 g/mol. The number of benzene rings is 2. The molecule has 3 rings (SSSR count). The first-order chi connectivity index (χ1) is 8.75. The molecule has 0 aliphatic carbocycles. The summed E-state index contributed by atoms with van der Waals surface area (Å²) in [5, 5.41) is 2.75. The second-order valence-corrected chi connectivity index (χ2v) is 4.12. The minimum Gasteiger partial charge on any atom is -0.457 e. The Balaban J connectivity index is 2.14. The van der Waals surface area contributed by atoms with Gasteiger partial charge in [0, 0.05) is 11.1 Å². The third-order valence-electron chi connectivity index (χ3n) is 2.97. The van der Waals surface area contributed by atoms with Gasteiger partial charge in [-0.25, -0.2) is 4.79 Å². The SMILES string of the molecule is N[13C](=O)NC1c2ccccc2Oc2ccccc21. The molecule has 2 aromatic rings. The molecule has 0 aromatic heterocycles. The molecule has 0 radical (unpaired) electrons. The Hall–Kier alpha value is -2.49. The fraction of sp³-hybridized carbons (Fsp3) is 0.0714. The van der Waals surface area contributed by atoms with E-state index in [1.165, 1.54) is 0 Å². The lowest BCUT2D eigenvalue weighted by Gasteiger charge is -2.28. The molecule has 18 heavy (non-hydrogen) atoms. The van der Waals surface area contributed by atoms with Crippen LogP contribution in [0, 0.1) is 0 Å². The van der Waals surface area contributed by atoms with E-state index < -0.39 is 6.03 Å². The number of fused-ring (bicyclic) bond motifs is 2. The van der Waals surface area contributed by atoms with E-state index in [2.05, 4.69) is 5.32 Å². The highest BCUT2D eigenvalue weighted by Gasteiger charge is 2.27. The summed E-state index contributed by atoms with van der Waals surface area (Å²) < 4.78 is 5.80. The van der Waals surface area contributed by atoms with Gasteiger partial charge in [-0.2, -0.15) is 0 Å². The topological polar surface area (TPSA) is 64.4 Å². The number of carbonyl (C=O) groups is 1. The van der Waals surface area contributed by atoms with Crippen molar-refractivity contribution in [1.82, 2.24) is 5.32 Å². The van der Waals surface area contributed by atoms with Gasteiger partial charge in [0.15, 0.2) is 0 Å². The molecule has 4 heteroatoms. The number of nitrogens with two attached hydrogens (primary N) is 1. The fourth-order valence-corrected chi connectivity index (χ4v) is 2.21. The first-order valence-electron chi connectivity index (χ1n) is 5.67. The molecule has 1 aliphatic rings. The van der Waals surface area contributed by atoms with Crippen LogP contribution in [-0.4, -0.2) is 6.03 Å². The maximum Gasteiger partial charge on any atom is 0.312 e. The van der Waals surface area contributed by atoms with E-state index in [4.69, 9.17) is 10.5 Å². The summed E-state index contributed by atoms with van der Waals surface area (Å²) >= 11 is 0. The van der Waals surface area contributed by atoms with Gasteiger partial charge in [0.1, 0.15) is 11.5 Å². The standard InChI is InChI=1S/C14H12N2O2/c15-14(17)16-13-9-5-1-3-7-11(9)18-12-8-4-2-6-10(12)13/h1-8,13H,(H3,15,16,17)/i14+1. The van der Waals surface area contributed by atoms with Crippen LogP contribution in [0.1, 0.15) is 17.2 Å². The first kappa shape index (κ1) is 10.7. The van der Waals surface area contributed by atoms with Gasteiger partial charge in [-0.3, -0.25) is 0 Å². The predicted molar refractivity (Wildman–Crippen MR) is 67.5 cm³/mol. The molecule has 4 nitrogen and oxygen atoms in total. The molecular formula is C14H12N2O2. The summed E-state index contributed by atoms with van der Waals surface area (Å²) in [6.45, 7) is 0. The molecule has 3 N–H and O–H groups in total. The maximum absolute atomic E-state index is 11.2. The Morgan fingerprint density at radius 1 is 1.00 bits per heavy atom. The number of amides is 2. The lowest BCUT2D eigenvalue weighted by atomic mass is 9.95. The Morgan fingerprint density at radius 3 is 2.00 bits per heavy atom. The number of nitrogens with one attached hydrogen (secondary N) is 1. The molecule has 2 amide bonds.